The van der Waals surface area contributed by atoms with Crippen LogP contribution in [0.4, 0.5) is 0 Å². The molecule has 0 atom stereocenters. The summed E-state index contributed by atoms with van der Waals surface area (Å²) in [6.07, 6.45) is 0. The van der Waals surface area contributed by atoms with Crippen molar-refractivity contribution in [1.29, 1.82) is 0 Å². The van der Waals surface area contributed by atoms with Crippen LogP contribution in [0.25, 0.3) is 10.9 Å². The summed E-state index contributed by atoms with van der Waals surface area (Å²) >= 11 is 17.5. The molecule has 0 fully saturated rings. The fourth-order valence-electron chi connectivity index (χ4n) is 1.20. The number of fused-ring (bicyclic) bond motifs is 1. The fraction of sp³-hybridized carbons (Fsp3) is 0. The van der Waals surface area contributed by atoms with Crippen LogP contribution in [0.5, 0.6) is 11.6 Å². The van der Waals surface area contributed by atoms with Crippen LogP contribution >= 0.6 is 34.8 Å². The Labute approximate surface area is 99.8 Å². The van der Waals surface area contributed by atoms with Crippen LogP contribution in [0.1, 0.15) is 0 Å². The normalized spacial score (nSPS) is 10.9. The monoisotopic (exact) mass is 263 g/mol. The van der Waals surface area contributed by atoms with Crippen molar-refractivity contribution in [3.63, 3.8) is 0 Å². The van der Waals surface area contributed by atoms with Gasteiger partial charge < -0.3 is 10.2 Å². The lowest BCUT2D eigenvalue weighted by molar-refractivity contribution is 0.391. The SMILES string of the molecule is Oc1cc2c(Cl)c(Cl)c(Cl)cc2nc1O. The highest BCUT2D eigenvalue weighted by atomic mass is 35.5. The Morgan fingerprint density at radius 1 is 1.00 bits per heavy atom. The average Bonchev–Trinajstić information content (AvgIpc) is 2.19. The summed E-state index contributed by atoms with van der Waals surface area (Å²) in [6, 6.07) is 2.74. The Hall–Kier alpha value is -0.900. The minimum absolute atomic E-state index is 0.192. The van der Waals surface area contributed by atoms with Crippen molar-refractivity contribution in [2.75, 3.05) is 0 Å². The molecule has 15 heavy (non-hydrogen) atoms. The minimum Gasteiger partial charge on any atom is -0.503 e. The molecule has 1 aromatic carbocycles. The standard InChI is InChI=1S/C9H4Cl3NO2/c10-4-2-5-3(7(11)8(4)12)1-6(14)9(15)13-5/h1-2,14H,(H,13,15). The molecule has 1 heterocycles. The quantitative estimate of drug-likeness (QED) is 0.715. The van der Waals surface area contributed by atoms with Gasteiger partial charge >= 0.3 is 0 Å². The second-order valence-electron chi connectivity index (χ2n) is 2.88. The van der Waals surface area contributed by atoms with Gasteiger partial charge in [0.05, 0.1) is 20.6 Å². The molecule has 0 radical (unpaired) electrons. The predicted octanol–water partition coefficient (Wildman–Crippen LogP) is 3.61. The van der Waals surface area contributed by atoms with Crippen molar-refractivity contribution >= 4 is 45.7 Å². The third kappa shape index (κ3) is 1.67. The average molecular weight is 264 g/mol. The molecule has 0 saturated carbocycles. The lowest BCUT2D eigenvalue weighted by Gasteiger charge is -2.05. The molecule has 0 bridgehead atoms. The molecule has 0 saturated heterocycles. The molecular weight excluding hydrogens is 260 g/mol. The Morgan fingerprint density at radius 3 is 2.33 bits per heavy atom. The minimum atomic E-state index is -0.475. The molecule has 0 aliphatic rings. The number of nitrogens with zero attached hydrogens (tertiary/aromatic N) is 1. The molecule has 3 nitrogen and oxygen atoms in total. The molecule has 0 unspecified atom stereocenters. The number of hydrogen-bond donors (Lipinski definition) is 2. The van der Waals surface area contributed by atoms with Gasteiger partial charge in [0.1, 0.15) is 0 Å². The smallest absolute Gasteiger partial charge is 0.254 e. The van der Waals surface area contributed by atoms with E-state index in [1.54, 1.807) is 0 Å². The van der Waals surface area contributed by atoms with Gasteiger partial charge in [-0.25, -0.2) is 4.98 Å². The van der Waals surface area contributed by atoms with Gasteiger partial charge in [0.25, 0.3) is 5.88 Å². The van der Waals surface area contributed by atoms with Crippen molar-refractivity contribution < 1.29 is 10.2 Å². The first-order valence-electron chi connectivity index (χ1n) is 3.87. The first-order chi connectivity index (χ1) is 7.00. The van der Waals surface area contributed by atoms with Gasteiger partial charge in [-0.05, 0) is 12.1 Å². The van der Waals surface area contributed by atoms with Crippen LogP contribution in [0, 0.1) is 0 Å². The molecule has 78 valence electrons. The second-order valence-corrected chi connectivity index (χ2v) is 4.05. The van der Waals surface area contributed by atoms with Crippen LogP contribution in [0.15, 0.2) is 12.1 Å². The number of aromatic nitrogens is 1. The van der Waals surface area contributed by atoms with Crippen molar-refractivity contribution in [2.24, 2.45) is 0 Å². The van der Waals surface area contributed by atoms with Crippen molar-refractivity contribution in [2.45, 2.75) is 0 Å². The van der Waals surface area contributed by atoms with E-state index >= 15 is 0 Å². The number of pyridine rings is 1. The maximum atomic E-state index is 9.25. The van der Waals surface area contributed by atoms with Crippen LogP contribution < -0.4 is 0 Å². The zero-order valence-corrected chi connectivity index (χ0v) is 9.40. The summed E-state index contributed by atoms with van der Waals surface area (Å²) in [5.74, 6) is -0.834. The van der Waals surface area contributed by atoms with E-state index in [1.807, 2.05) is 0 Å². The van der Waals surface area contributed by atoms with Crippen molar-refractivity contribution in [3.05, 3.63) is 27.2 Å². The van der Waals surface area contributed by atoms with E-state index in [4.69, 9.17) is 34.8 Å². The summed E-state index contributed by atoms with van der Waals surface area (Å²) in [5.41, 5.74) is 0.365. The molecule has 0 aliphatic carbocycles. The van der Waals surface area contributed by atoms with E-state index in [9.17, 15) is 10.2 Å². The largest absolute Gasteiger partial charge is 0.503 e. The lowest BCUT2D eigenvalue weighted by atomic mass is 10.2. The van der Waals surface area contributed by atoms with Gasteiger partial charge in [-0.3, -0.25) is 0 Å². The van der Waals surface area contributed by atoms with Crippen LogP contribution in [0.3, 0.4) is 0 Å². The van der Waals surface area contributed by atoms with Gasteiger partial charge in [0.2, 0.25) is 0 Å². The maximum absolute atomic E-state index is 9.25. The van der Waals surface area contributed by atoms with Crippen LogP contribution in [0.2, 0.25) is 15.1 Å². The third-order valence-corrected chi connectivity index (χ3v) is 3.19. The van der Waals surface area contributed by atoms with Crippen LogP contribution in [-0.2, 0) is 0 Å². The number of hydrogen-bond acceptors (Lipinski definition) is 3. The van der Waals surface area contributed by atoms with Gasteiger partial charge in [0.15, 0.2) is 5.75 Å². The predicted molar refractivity (Wildman–Crippen MR) is 60.1 cm³/mol. The van der Waals surface area contributed by atoms with E-state index < -0.39 is 5.88 Å². The summed E-state index contributed by atoms with van der Waals surface area (Å²) in [6.45, 7) is 0. The van der Waals surface area contributed by atoms with Crippen molar-refractivity contribution in [1.82, 2.24) is 4.98 Å². The van der Waals surface area contributed by atoms with Crippen LogP contribution in [-0.4, -0.2) is 15.2 Å². The van der Waals surface area contributed by atoms with E-state index in [2.05, 4.69) is 4.98 Å². The summed E-state index contributed by atoms with van der Waals surface area (Å²) < 4.78 is 0. The molecular formula is C9H4Cl3NO2. The molecule has 2 rings (SSSR count). The highest BCUT2D eigenvalue weighted by molar-refractivity contribution is 6.50. The Balaban J connectivity index is 2.93. The first-order valence-corrected chi connectivity index (χ1v) is 5.00. The Bertz CT molecular complexity index is 552. The summed E-state index contributed by atoms with van der Waals surface area (Å²) in [5, 5.41) is 19.5. The fourth-order valence-corrected chi connectivity index (χ4v) is 1.85. The first kappa shape index (κ1) is 10.6. The van der Waals surface area contributed by atoms with E-state index in [0.29, 0.717) is 10.9 Å². The zero-order valence-electron chi connectivity index (χ0n) is 7.13. The molecule has 0 amide bonds. The third-order valence-electron chi connectivity index (χ3n) is 1.91. The van der Waals surface area contributed by atoms with Gasteiger partial charge in [-0.1, -0.05) is 34.8 Å². The number of halogens is 3. The topological polar surface area (TPSA) is 53.4 Å². The summed E-state index contributed by atoms with van der Waals surface area (Å²) in [4.78, 5) is 3.72. The Morgan fingerprint density at radius 2 is 1.67 bits per heavy atom. The maximum Gasteiger partial charge on any atom is 0.254 e. The molecule has 0 aliphatic heterocycles. The molecule has 2 N–H and O–H groups in total. The van der Waals surface area contributed by atoms with E-state index in [0.717, 1.165) is 0 Å². The molecule has 1 aromatic heterocycles. The molecule has 2 aromatic rings. The number of benzene rings is 1. The van der Waals surface area contributed by atoms with Crippen molar-refractivity contribution in [3.8, 4) is 11.6 Å². The Kier molecular flexibility index (Phi) is 2.54. The van der Waals surface area contributed by atoms with Gasteiger partial charge in [-0.2, -0.15) is 0 Å². The highest BCUT2D eigenvalue weighted by Crippen LogP contribution is 2.38. The summed E-state index contributed by atoms with van der Waals surface area (Å²) in [7, 11) is 0. The highest BCUT2D eigenvalue weighted by Gasteiger charge is 2.12. The van der Waals surface area contributed by atoms with Gasteiger partial charge in [0, 0.05) is 5.39 Å². The lowest BCUT2D eigenvalue weighted by Crippen LogP contribution is -1.83. The van der Waals surface area contributed by atoms with Gasteiger partial charge in [-0.15, -0.1) is 0 Å². The van der Waals surface area contributed by atoms with E-state index in [-0.39, 0.29) is 20.8 Å². The number of aromatic hydroxyl groups is 2. The molecule has 0 spiro atoms. The molecule has 6 heteroatoms. The number of rotatable bonds is 0. The second kappa shape index (κ2) is 3.59. The van der Waals surface area contributed by atoms with E-state index in [1.165, 1.54) is 12.1 Å². The zero-order chi connectivity index (χ0) is 11.2.